The van der Waals surface area contributed by atoms with Gasteiger partial charge in [0.05, 0.1) is 6.33 Å². The van der Waals surface area contributed by atoms with Crippen molar-refractivity contribution in [1.29, 1.82) is 0 Å². The van der Waals surface area contributed by atoms with Crippen molar-refractivity contribution in [3.8, 4) is 5.88 Å². The highest BCUT2D eigenvalue weighted by atomic mass is 16.5. The average molecular weight is 338 g/mol. The van der Waals surface area contributed by atoms with Crippen LogP contribution in [0.4, 0.5) is 0 Å². The van der Waals surface area contributed by atoms with Crippen molar-refractivity contribution in [2.75, 3.05) is 0 Å². The second-order valence-electron chi connectivity index (χ2n) is 6.85. The summed E-state index contributed by atoms with van der Waals surface area (Å²) in [4.78, 5) is 13.9. The third-order valence-electron chi connectivity index (χ3n) is 4.44. The molecule has 3 rings (SSSR count). The molecule has 0 fully saturated rings. The number of aromatic nitrogens is 4. The molecular formula is C20H26N4O. The second kappa shape index (κ2) is 7.64. The van der Waals surface area contributed by atoms with Crippen LogP contribution in [-0.4, -0.2) is 19.5 Å². The molecule has 0 bridgehead atoms. The van der Waals surface area contributed by atoms with Crippen molar-refractivity contribution < 1.29 is 4.74 Å². The fourth-order valence-corrected chi connectivity index (χ4v) is 2.69. The molecule has 2 heterocycles. The van der Waals surface area contributed by atoms with E-state index in [2.05, 4.69) is 42.2 Å². The molecule has 0 amide bonds. The summed E-state index contributed by atoms with van der Waals surface area (Å²) in [5, 5.41) is 0. The van der Waals surface area contributed by atoms with Crippen LogP contribution in [0.2, 0.25) is 0 Å². The first-order valence-electron chi connectivity index (χ1n) is 8.98. The highest BCUT2D eigenvalue weighted by Gasteiger charge is 2.17. The van der Waals surface area contributed by atoms with Gasteiger partial charge < -0.3 is 9.30 Å². The number of benzene rings is 1. The first kappa shape index (κ1) is 17.4. The lowest BCUT2D eigenvalue weighted by molar-refractivity contribution is 0.295. The molecule has 0 N–H and O–H groups in total. The van der Waals surface area contributed by atoms with Gasteiger partial charge in [-0.2, -0.15) is 4.98 Å². The van der Waals surface area contributed by atoms with Crippen molar-refractivity contribution in [3.63, 3.8) is 0 Å². The first-order chi connectivity index (χ1) is 12.1. The Morgan fingerprint density at radius 3 is 2.52 bits per heavy atom. The van der Waals surface area contributed by atoms with Gasteiger partial charge in [-0.25, -0.2) is 9.97 Å². The van der Waals surface area contributed by atoms with Crippen LogP contribution in [0, 0.1) is 5.92 Å². The van der Waals surface area contributed by atoms with Gasteiger partial charge >= 0.3 is 0 Å². The molecule has 0 radical (unpaired) electrons. The van der Waals surface area contributed by atoms with Gasteiger partial charge in [0.15, 0.2) is 11.2 Å². The van der Waals surface area contributed by atoms with E-state index in [1.807, 2.05) is 36.7 Å². The van der Waals surface area contributed by atoms with Gasteiger partial charge in [0, 0.05) is 12.5 Å². The largest absolute Gasteiger partial charge is 0.471 e. The van der Waals surface area contributed by atoms with Gasteiger partial charge in [0.25, 0.3) is 0 Å². The summed E-state index contributed by atoms with van der Waals surface area (Å²) in [6.07, 6.45) is 3.77. The fourth-order valence-electron chi connectivity index (χ4n) is 2.69. The van der Waals surface area contributed by atoms with Crippen LogP contribution in [-0.2, 0) is 13.0 Å². The molecule has 0 aliphatic rings. The topological polar surface area (TPSA) is 52.8 Å². The standard InChI is InChI=1S/C20H26N4O/c1-5-15(4)11-17-22-19-18(21-13-24(19)14(2)3)20(23-17)25-12-16-9-7-6-8-10-16/h6-10,13-15H,5,11-12H2,1-4H3. The fraction of sp³-hybridized carbons (Fsp3) is 0.450. The highest BCUT2D eigenvalue weighted by Crippen LogP contribution is 2.25. The van der Waals surface area contributed by atoms with Gasteiger partial charge in [-0.05, 0) is 25.3 Å². The Morgan fingerprint density at radius 2 is 1.84 bits per heavy atom. The first-order valence-corrected chi connectivity index (χ1v) is 8.98. The van der Waals surface area contributed by atoms with E-state index in [0.29, 0.717) is 24.4 Å². The van der Waals surface area contributed by atoms with Gasteiger partial charge in [0.2, 0.25) is 5.88 Å². The molecule has 132 valence electrons. The number of nitrogens with zero attached hydrogens (tertiary/aromatic N) is 4. The number of ether oxygens (including phenoxy) is 1. The number of hydrogen-bond acceptors (Lipinski definition) is 4. The number of fused-ring (bicyclic) bond motifs is 1. The summed E-state index contributed by atoms with van der Waals surface area (Å²) in [7, 11) is 0. The maximum Gasteiger partial charge on any atom is 0.246 e. The van der Waals surface area contributed by atoms with Gasteiger partial charge in [0.1, 0.15) is 12.4 Å². The predicted molar refractivity (Wildman–Crippen MR) is 99.6 cm³/mol. The van der Waals surface area contributed by atoms with Gasteiger partial charge in [-0.1, -0.05) is 50.6 Å². The zero-order chi connectivity index (χ0) is 17.8. The van der Waals surface area contributed by atoms with Crippen LogP contribution < -0.4 is 4.74 Å². The summed E-state index contributed by atoms with van der Waals surface area (Å²) in [6.45, 7) is 9.14. The van der Waals surface area contributed by atoms with Crippen molar-refractivity contribution in [3.05, 3.63) is 48.0 Å². The zero-order valence-corrected chi connectivity index (χ0v) is 15.4. The lowest BCUT2D eigenvalue weighted by Gasteiger charge is -2.12. The van der Waals surface area contributed by atoms with E-state index in [1.165, 1.54) is 0 Å². The molecule has 25 heavy (non-hydrogen) atoms. The molecule has 0 aliphatic heterocycles. The van der Waals surface area contributed by atoms with E-state index in [9.17, 15) is 0 Å². The maximum atomic E-state index is 6.03. The molecule has 0 spiro atoms. The lowest BCUT2D eigenvalue weighted by atomic mass is 10.1. The average Bonchev–Trinajstić information content (AvgIpc) is 3.04. The zero-order valence-electron chi connectivity index (χ0n) is 15.4. The van der Waals surface area contributed by atoms with Gasteiger partial charge in [-0.15, -0.1) is 0 Å². The van der Waals surface area contributed by atoms with E-state index in [1.54, 1.807) is 0 Å². The summed E-state index contributed by atoms with van der Waals surface area (Å²) in [5.74, 6) is 1.94. The Labute approximate surface area is 149 Å². The smallest absolute Gasteiger partial charge is 0.246 e. The number of imidazole rings is 1. The lowest BCUT2D eigenvalue weighted by Crippen LogP contribution is -2.08. The van der Waals surface area contributed by atoms with E-state index in [0.717, 1.165) is 35.4 Å². The van der Waals surface area contributed by atoms with E-state index in [4.69, 9.17) is 9.72 Å². The summed E-state index contributed by atoms with van der Waals surface area (Å²) >= 11 is 0. The molecule has 1 unspecified atom stereocenters. The van der Waals surface area contributed by atoms with Crippen molar-refractivity contribution in [1.82, 2.24) is 19.5 Å². The van der Waals surface area contributed by atoms with Crippen molar-refractivity contribution in [2.24, 2.45) is 5.92 Å². The Hall–Kier alpha value is -2.43. The summed E-state index contributed by atoms with van der Waals surface area (Å²) in [6, 6.07) is 10.4. The Bertz CT molecular complexity index is 826. The number of hydrogen-bond donors (Lipinski definition) is 0. The van der Waals surface area contributed by atoms with E-state index in [-0.39, 0.29) is 0 Å². The number of rotatable bonds is 7. The predicted octanol–water partition coefficient (Wildman–Crippen LogP) is 4.57. The van der Waals surface area contributed by atoms with E-state index < -0.39 is 0 Å². The van der Waals surface area contributed by atoms with Crippen LogP contribution >= 0.6 is 0 Å². The Morgan fingerprint density at radius 1 is 1.08 bits per heavy atom. The van der Waals surface area contributed by atoms with Crippen LogP contribution in [0.25, 0.3) is 11.2 Å². The molecule has 1 atom stereocenters. The van der Waals surface area contributed by atoms with Crippen LogP contribution in [0.3, 0.4) is 0 Å². The van der Waals surface area contributed by atoms with Crippen LogP contribution in [0.1, 0.15) is 51.5 Å². The van der Waals surface area contributed by atoms with E-state index >= 15 is 0 Å². The quantitative estimate of drug-likeness (QED) is 0.633. The molecule has 5 nitrogen and oxygen atoms in total. The molecule has 5 heteroatoms. The molecular weight excluding hydrogens is 312 g/mol. The monoisotopic (exact) mass is 338 g/mol. The molecule has 0 saturated heterocycles. The third-order valence-corrected chi connectivity index (χ3v) is 4.44. The van der Waals surface area contributed by atoms with Crippen molar-refractivity contribution in [2.45, 2.75) is 53.2 Å². The SMILES string of the molecule is CCC(C)Cc1nc(OCc2ccccc2)c2ncn(C(C)C)c2n1. The molecule has 2 aromatic heterocycles. The minimum Gasteiger partial charge on any atom is -0.471 e. The molecule has 0 aliphatic carbocycles. The molecule has 0 saturated carbocycles. The molecule has 1 aromatic carbocycles. The van der Waals surface area contributed by atoms with Crippen LogP contribution in [0.5, 0.6) is 5.88 Å². The molecule has 3 aromatic rings. The Balaban J connectivity index is 1.96. The van der Waals surface area contributed by atoms with Crippen molar-refractivity contribution >= 4 is 11.2 Å². The summed E-state index contributed by atoms with van der Waals surface area (Å²) < 4.78 is 8.10. The minimum atomic E-state index is 0.290. The normalized spacial score (nSPS) is 12.7. The highest BCUT2D eigenvalue weighted by molar-refractivity contribution is 5.76. The van der Waals surface area contributed by atoms with Crippen LogP contribution in [0.15, 0.2) is 36.7 Å². The minimum absolute atomic E-state index is 0.290. The van der Waals surface area contributed by atoms with Gasteiger partial charge in [-0.3, -0.25) is 0 Å². The second-order valence-corrected chi connectivity index (χ2v) is 6.85. The third kappa shape index (κ3) is 3.98. The maximum absolute atomic E-state index is 6.03. The Kier molecular flexibility index (Phi) is 5.31. The summed E-state index contributed by atoms with van der Waals surface area (Å²) in [5.41, 5.74) is 2.70.